The molecule has 1 aliphatic carbocycles. The molecule has 2 aromatic rings. The zero-order chi connectivity index (χ0) is 14.0. The van der Waals surface area contributed by atoms with Crippen LogP contribution in [0.3, 0.4) is 0 Å². The lowest BCUT2D eigenvalue weighted by atomic mass is 9.82. The average molecular weight is 336 g/mol. The van der Waals surface area contributed by atoms with Gasteiger partial charge >= 0.3 is 0 Å². The quantitative estimate of drug-likeness (QED) is 0.931. The maximum Gasteiger partial charge on any atom is 0.231 e. The molecule has 0 aliphatic heterocycles. The Morgan fingerprint density at radius 1 is 1.25 bits per heavy atom. The van der Waals surface area contributed by atoms with E-state index in [9.17, 15) is 0 Å². The predicted molar refractivity (Wildman–Crippen MR) is 80.2 cm³/mol. The molecule has 0 radical (unpaired) electrons. The highest BCUT2D eigenvalue weighted by atomic mass is 79.9. The van der Waals surface area contributed by atoms with E-state index >= 15 is 0 Å². The molecule has 2 N–H and O–H groups in total. The second-order valence-corrected chi connectivity index (χ2v) is 6.45. The minimum atomic E-state index is -0.392. The van der Waals surface area contributed by atoms with Crippen LogP contribution in [0, 0.1) is 0 Å². The predicted octanol–water partition coefficient (Wildman–Crippen LogP) is 3.54. The van der Waals surface area contributed by atoms with Crippen molar-refractivity contribution in [1.29, 1.82) is 0 Å². The topological polar surface area (TPSA) is 64.9 Å². The van der Waals surface area contributed by atoms with E-state index in [-0.39, 0.29) is 0 Å². The van der Waals surface area contributed by atoms with Crippen LogP contribution in [0.4, 0.5) is 0 Å². The number of rotatable bonds is 3. The third-order valence-electron chi connectivity index (χ3n) is 3.90. The number of halogens is 1. The monoisotopic (exact) mass is 335 g/mol. The molecular weight excluding hydrogens is 318 g/mol. The lowest BCUT2D eigenvalue weighted by molar-refractivity contribution is 0.273. The minimum Gasteiger partial charge on any atom is -0.339 e. The van der Waals surface area contributed by atoms with Gasteiger partial charge in [0.2, 0.25) is 5.89 Å². The van der Waals surface area contributed by atoms with Crippen LogP contribution in [0.25, 0.3) is 0 Å². The van der Waals surface area contributed by atoms with Crippen molar-refractivity contribution in [3.8, 4) is 0 Å². The first-order valence-electron chi connectivity index (χ1n) is 7.02. The van der Waals surface area contributed by atoms with E-state index in [2.05, 4.69) is 32.1 Å². The first-order valence-corrected chi connectivity index (χ1v) is 7.81. The third kappa shape index (κ3) is 2.94. The van der Waals surface area contributed by atoms with Crippen molar-refractivity contribution in [2.45, 2.75) is 44.1 Å². The van der Waals surface area contributed by atoms with Gasteiger partial charge in [0.25, 0.3) is 0 Å². The number of hydrogen-bond acceptors (Lipinski definition) is 4. The number of nitrogens with two attached hydrogens (primary N) is 1. The van der Waals surface area contributed by atoms with Crippen molar-refractivity contribution >= 4 is 15.9 Å². The average Bonchev–Trinajstić information content (AvgIpc) is 2.89. The Balaban J connectivity index is 1.76. The van der Waals surface area contributed by atoms with Gasteiger partial charge in [-0.3, -0.25) is 0 Å². The van der Waals surface area contributed by atoms with E-state index in [0.717, 1.165) is 35.7 Å². The Bertz CT molecular complexity index is 590. The number of benzene rings is 1. The van der Waals surface area contributed by atoms with Gasteiger partial charge in [0.1, 0.15) is 0 Å². The lowest BCUT2D eigenvalue weighted by Gasteiger charge is -2.29. The fraction of sp³-hybridized carbons (Fsp3) is 0.467. The summed E-state index contributed by atoms with van der Waals surface area (Å²) in [6.07, 6.45) is 6.08. The summed E-state index contributed by atoms with van der Waals surface area (Å²) in [5, 5.41) is 4.11. The van der Waals surface area contributed by atoms with E-state index in [1.165, 1.54) is 6.42 Å². The van der Waals surface area contributed by atoms with Gasteiger partial charge in [0.15, 0.2) is 5.82 Å². The summed E-state index contributed by atoms with van der Waals surface area (Å²) in [5.74, 6) is 1.30. The van der Waals surface area contributed by atoms with Crippen molar-refractivity contribution in [1.82, 2.24) is 10.1 Å². The molecule has 0 unspecified atom stereocenters. The summed E-state index contributed by atoms with van der Waals surface area (Å²) in [6.45, 7) is 0. The molecule has 5 heteroatoms. The van der Waals surface area contributed by atoms with Gasteiger partial charge < -0.3 is 10.3 Å². The summed E-state index contributed by atoms with van der Waals surface area (Å²) in [4.78, 5) is 4.51. The van der Waals surface area contributed by atoms with Crippen LogP contribution in [0.2, 0.25) is 0 Å². The standard InChI is InChI=1S/C15H18BrN3O/c16-12-6-4-5-11(9-12)10-13-18-14(19-20-13)15(17)7-2-1-3-8-15/h4-6,9H,1-3,7-8,10,17H2. The SMILES string of the molecule is NC1(c2noc(Cc3cccc(Br)c3)n2)CCCCC1. The number of hydrogen-bond donors (Lipinski definition) is 1. The Labute approximate surface area is 126 Å². The van der Waals surface area contributed by atoms with Crippen LogP contribution in [-0.2, 0) is 12.0 Å². The molecule has 1 aliphatic rings. The summed E-state index contributed by atoms with van der Waals surface area (Å²) >= 11 is 3.47. The fourth-order valence-electron chi connectivity index (χ4n) is 2.76. The van der Waals surface area contributed by atoms with Gasteiger partial charge in [-0.2, -0.15) is 4.98 Å². The highest BCUT2D eigenvalue weighted by Crippen LogP contribution is 2.33. The highest BCUT2D eigenvalue weighted by molar-refractivity contribution is 9.10. The minimum absolute atomic E-state index is 0.392. The van der Waals surface area contributed by atoms with Crippen molar-refractivity contribution in [3.63, 3.8) is 0 Å². The molecule has 1 aromatic carbocycles. The smallest absolute Gasteiger partial charge is 0.231 e. The molecule has 0 spiro atoms. The van der Waals surface area contributed by atoms with Gasteiger partial charge in [-0.15, -0.1) is 0 Å². The lowest BCUT2D eigenvalue weighted by Crippen LogP contribution is -2.39. The molecular formula is C15H18BrN3O. The van der Waals surface area contributed by atoms with Crippen molar-refractivity contribution in [2.75, 3.05) is 0 Å². The van der Waals surface area contributed by atoms with Gasteiger partial charge in [-0.1, -0.05) is 52.5 Å². The van der Waals surface area contributed by atoms with Crippen LogP contribution >= 0.6 is 15.9 Å². The van der Waals surface area contributed by atoms with E-state index in [0.29, 0.717) is 18.1 Å². The molecule has 0 saturated heterocycles. The van der Waals surface area contributed by atoms with Crippen LogP contribution < -0.4 is 5.73 Å². The largest absolute Gasteiger partial charge is 0.339 e. The fourth-order valence-corrected chi connectivity index (χ4v) is 3.20. The molecule has 106 valence electrons. The van der Waals surface area contributed by atoms with E-state index in [1.54, 1.807) is 0 Å². The van der Waals surface area contributed by atoms with Crippen molar-refractivity contribution < 1.29 is 4.52 Å². The Morgan fingerprint density at radius 3 is 2.80 bits per heavy atom. The molecule has 1 aromatic heterocycles. The van der Waals surface area contributed by atoms with E-state index in [1.807, 2.05) is 18.2 Å². The first-order chi connectivity index (χ1) is 9.66. The molecule has 0 atom stereocenters. The normalized spacial score (nSPS) is 18.1. The summed E-state index contributed by atoms with van der Waals surface area (Å²) in [5.41, 5.74) is 7.17. The molecule has 1 saturated carbocycles. The van der Waals surface area contributed by atoms with E-state index in [4.69, 9.17) is 10.3 Å². The van der Waals surface area contributed by atoms with Gasteiger partial charge in [0.05, 0.1) is 12.0 Å². The molecule has 0 bridgehead atoms. The highest BCUT2D eigenvalue weighted by Gasteiger charge is 2.34. The zero-order valence-corrected chi connectivity index (χ0v) is 12.9. The molecule has 3 rings (SSSR count). The molecule has 20 heavy (non-hydrogen) atoms. The molecule has 4 nitrogen and oxygen atoms in total. The first kappa shape index (κ1) is 13.8. The molecule has 1 heterocycles. The van der Waals surface area contributed by atoms with Crippen LogP contribution in [0.15, 0.2) is 33.3 Å². The summed E-state index contributed by atoms with van der Waals surface area (Å²) in [6, 6.07) is 8.11. The van der Waals surface area contributed by atoms with E-state index < -0.39 is 5.54 Å². The number of nitrogens with zero attached hydrogens (tertiary/aromatic N) is 2. The Kier molecular flexibility index (Phi) is 3.89. The third-order valence-corrected chi connectivity index (χ3v) is 4.40. The molecule has 0 amide bonds. The van der Waals surface area contributed by atoms with Gasteiger partial charge in [-0.25, -0.2) is 0 Å². The second-order valence-electron chi connectivity index (χ2n) is 5.54. The van der Waals surface area contributed by atoms with Crippen LogP contribution in [0.5, 0.6) is 0 Å². The van der Waals surface area contributed by atoms with Crippen LogP contribution in [-0.4, -0.2) is 10.1 Å². The zero-order valence-electron chi connectivity index (χ0n) is 11.3. The summed E-state index contributed by atoms with van der Waals surface area (Å²) in [7, 11) is 0. The maximum absolute atomic E-state index is 6.42. The van der Waals surface area contributed by atoms with Crippen molar-refractivity contribution in [3.05, 3.63) is 46.0 Å². The van der Waals surface area contributed by atoms with Crippen molar-refractivity contribution in [2.24, 2.45) is 5.73 Å². The number of aromatic nitrogens is 2. The van der Waals surface area contributed by atoms with Gasteiger partial charge in [-0.05, 0) is 30.5 Å². The van der Waals surface area contributed by atoms with Crippen LogP contribution in [0.1, 0.15) is 49.4 Å². The van der Waals surface area contributed by atoms with Gasteiger partial charge in [0, 0.05) is 4.47 Å². The maximum atomic E-state index is 6.42. The Hall–Kier alpha value is -1.20. The second kappa shape index (κ2) is 5.66. The summed E-state index contributed by atoms with van der Waals surface area (Å²) < 4.78 is 6.42. The molecule has 1 fully saturated rings. The Morgan fingerprint density at radius 2 is 2.05 bits per heavy atom.